The summed E-state index contributed by atoms with van der Waals surface area (Å²) >= 11 is 0. The number of amides is 1. The van der Waals surface area contributed by atoms with Crippen LogP contribution in [0.1, 0.15) is 36.8 Å². The second-order valence-corrected chi connectivity index (χ2v) is 4.45. The van der Waals surface area contributed by atoms with Crippen molar-refractivity contribution >= 4 is 11.7 Å². The second kappa shape index (κ2) is 7.74. The van der Waals surface area contributed by atoms with Crippen LogP contribution in [0.15, 0.2) is 12.1 Å². The first kappa shape index (κ1) is 15.4. The van der Waals surface area contributed by atoms with Crippen LogP contribution in [-0.2, 0) is 4.74 Å². The van der Waals surface area contributed by atoms with E-state index < -0.39 is 0 Å². The number of aryl methyl sites for hydroxylation is 1. The Kier molecular flexibility index (Phi) is 6.29. The number of ether oxygens (including phenoxy) is 1. The van der Waals surface area contributed by atoms with Gasteiger partial charge in [0.05, 0.1) is 6.61 Å². The summed E-state index contributed by atoms with van der Waals surface area (Å²) in [6.07, 6.45) is 0. The van der Waals surface area contributed by atoms with Crippen LogP contribution in [0.2, 0.25) is 0 Å². The molecule has 2 N–H and O–H groups in total. The lowest BCUT2D eigenvalue weighted by Crippen LogP contribution is -2.36. The maximum absolute atomic E-state index is 12.1. The topological polar surface area (TPSA) is 63.2 Å². The molecule has 1 atom stereocenters. The Bertz CT molecular complexity index is 421. The Labute approximate surface area is 114 Å². The van der Waals surface area contributed by atoms with Crippen molar-refractivity contribution in [2.45, 2.75) is 33.7 Å². The third-order valence-electron chi connectivity index (χ3n) is 2.52. The molecular weight excluding hydrogens is 242 g/mol. The van der Waals surface area contributed by atoms with Gasteiger partial charge in [-0.3, -0.25) is 4.79 Å². The molecule has 1 aromatic heterocycles. The minimum absolute atomic E-state index is 0.0106. The summed E-state index contributed by atoms with van der Waals surface area (Å²) in [5.41, 5.74) is 1.44. The van der Waals surface area contributed by atoms with E-state index in [1.165, 1.54) is 0 Å². The van der Waals surface area contributed by atoms with Gasteiger partial charge in [0.2, 0.25) is 0 Å². The molecule has 1 rings (SSSR count). The number of carbonyl (C=O) groups excluding carboxylic acids is 1. The predicted molar refractivity (Wildman–Crippen MR) is 76.6 cm³/mol. The monoisotopic (exact) mass is 265 g/mol. The Morgan fingerprint density at radius 3 is 2.79 bits per heavy atom. The summed E-state index contributed by atoms with van der Waals surface area (Å²) in [6.45, 7) is 9.68. The lowest BCUT2D eigenvalue weighted by molar-refractivity contribution is 0.0872. The molecule has 106 valence electrons. The van der Waals surface area contributed by atoms with Crippen molar-refractivity contribution in [3.63, 3.8) is 0 Å². The number of carbonyl (C=O) groups is 1. The van der Waals surface area contributed by atoms with Crippen LogP contribution in [-0.4, -0.2) is 36.7 Å². The minimum Gasteiger partial charge on any atom is -0.380 e. The molecule has 5 nitrogen and oxygen atoms in total. The molecular formula is C14H23N3O2. The molecule has 5 heteroatoms. The number of nitrogens with one attached hydrogen (secondary N) is 2. The lowest BCUT2D eigenvalue weighted by Gasteiger charge is -2.14. The van der Waals surface area contributed by atoms with Crippen molar-refractivity contribution in [3.8, 4) is 0 Å². The highest BCUT2D eigenvalue weighted by Crippen LogP contribution is 2.10. The van der Waals surface area contributed by atoms with Gasteiger partial charge in [0.25, 0.3) is 5.91 Å². The summed E-state index contributed by atoms with van der Waals surface area (Å²) in [5, 5.41) is 6.02. The number of anilines is 1. The Morgan fingerprint density at radius 1 is 1.42 bits per heavy atom. The number of rotatable bonds is 7. The van der Waals surface area contributed by atoms with E-state index >= 15 is 0 Å². The maximum atomic E-state index is 12.1. The molecule has 0 bridgehead atoms. The molecule has 1 amide bonds. The molecule has 0 saturated carbocycles. The van der Waals surface area contributed by atoms with Crippen molar-refractivity contribution in [1.82, 2.24) is 10.3 Å². The van der Waals surface area contributed by atoms with Crippen molar-refractivity contribution < 1.29 is 9.53 Å². The number of pyridine rings is 1. The van der Waals surface area contributed by atoms with Crippen LogP contribution in [0.4, 0.5) is 5.82 Å². The van der Waals surface area contributed by atoms with Crippen LogP contribution in [0.25, 0.3) is 0 Å². The van der Waals surface area contributed by atoms with E-state index in [0.717, 1.165) is 18.1 Å². The molecule has 0 fully saturated rings. The molecule has 0 aliphatic heterocycles. The first-order chi connectivity index (χ1) is 9.06. The van der Waals surface area contributed by atoms with Crippen LogP contribution in [0.3, 0.4) is 0 Å². The van der Waals surface area contributed by atoms with Gasteiger partial charge in [-0.15, -0.1) is 0 Å². The molecule has 0 aliphatic carbocycles. The van der Waals surface area contributed by atoms with Crippen molar-refractivity contribution in [2.75, 3.05) is 25.1 Å². The first-order valence-electron chi connectivity index (χ1n) is 6.68. The van der Waals surface area contributed by atoms with Crippen molar-refractivity contribution in [3.05, 3.63) is 23.4 Å². The minimum atomic E-state index is -0.100. The van der Waals surface area contributed by atoms with Gasteiger partial charge in [0, 0.05) is 30.5 Å². The molecule has 0 saturated heterocycles. The summed E-state index contributed by atoms with van der Waals surface area (Å²) in [4.78, 5) is 16.4. The van der Waals surface area contributed by atoms with E-state index in [-0.39, 0.29) is 11.9 Å². The first-order valence-corrected chi connectivity index (χ1v) is 6.68. The highest BCUT2D eigenvalue weighted by molar-refractivity contribution is 5.95. The zero-order valence-corrected chi connectivity index (χ0v) is 12.1. The van der Waals surface area contributed by atoms with Crippen molar-refractivity contribution in [2.24, 2.45) is 0 Å². The van der Waals surface area contributed by atoms with Gasteiger partial charge in [-0.1, -0.05) is 0 Å². The average Bonchev–Trinajstić information content (AvgIpc) is 2.36. The molecule has 0 aliphatic rings. The number of hydrogen-bond donors (Lipinski definition) is 2. The van der Waals surface area contributed by atoms with Gasteiger partial charge in [-0.2, -0.15) is 0 Å². The molecule has 1 unspecified atom stereocenters. The zero-order valence-electron chi connectivity index (χ0n) is 12.1. The van der Waals surface area contributed by atoms with Gasteiger partial charge in [-0.25, -0.2) is 4.98 Å². The standard InChI is InChI=1S/C14H23N3O2/c1-5-15-13-8-12(7-10(3)16-13)14(18)17-11(4)9-19-6-2/h7-8,11H,5-6,9H2,1-4H3,(H,15,16)(H,17,18). The van der Waals surface area contributed by atoms with E-state index in [1.54, 1.807) is 12.1 Å². The highest BCUT2D eigenvalue weighted by Gasteiger charge is 2.11. The summed E-state index contributed by atoms with van der Waals surface area (Å²) in [5.74, 6) is 0.627. The summed E-state index contributed by atoms with van der Waals surface area (Å²) < 4.78 is 5.28. The van der Waals surface area contributed by atoms with Gasteiger partial charge in [0.15, 0.2) is 0 Å². The molecule has 0 spiro atoms. The van der Waals surface area contributed by atoms with Crippen LogP contribution in [0.5, 0.6) is 0 Å². The fraction of sp³-hybridized carbons (Fsp3) is 0.571. The average molecular weight is 265 g/mol. The Balaban J connectivity index is 2.70. The van der Waals surface area contributed by atoms with Crippen LogP contribution in [0, 0.1) is 6.92 Å². The quantitative estimate of drug-likeness (QED) is 0.791. The van der Waals surface area contributed by atoms with Crippen LogP contribution < -0.4 is 10.6 Å². The predicted octanol–water partition coefficient (Wildman–Crippen LogP) is 1.98. The van der Waals surface area contributed by atoms with Gasteiger partial charge < -0.3 is 15.4 Å². The van der Waals surface area contributed by atoms with E-state index in [2.05, 4.69) is 15.6 Å². The highest BCUT2D eigenvalue weighted by atomic mass is 16.5. The lowest BCUT2D eigenvalue weighted by atomic mass is 10.2. The molecule has 1 aromatic rings. The number of nitrogens with zero attached hydrogens (tertiary/aromatic N) is 1. The molecule has 19 heavy (non-hydrogen) atoms. The second-order valence-electron chi connectivity index (χ2n) is 4.45. The van der Waals surface area contributed by atoms with Crippen LogP contribution >= 0.6 is 0 Å². The zero-order chi connectivity index (χ0) is 14.3. The number of aromatic nitrogens is 1. The van der Waals surface area contributed by atoms with Gasteiger partial charge in [-0.05, 0) is 39.8 Å². The van der Waals surface area contributed by atoms with E-state index in [9.17, 15) is 4.79 Å². The third-order valence-corrected chi connectivity index (χ3v) is 2.52. The summed E-state index contributed by atoms with van der Waals surface area (Å²) in [6, 6.07) is 3.53. The fourth-order valence-electron chi connectivity index (χ4n) is 1.71. The SMILES string of the molecule is CCNc1cc(C(=O)NC(C)COCC)cc(C)n1. The normalized spacial score (nSPS) is 12.0. The van der Waals surface area contributed by atoms with Gasteiger partial charge in [0.1, 0.15) is 5.82 Å². The molecule has 0 aromatic carbocycles. The number of hydrogen-bond acceptors (Lipinski definition) is 4. The maximum Gasteiger partial charge on any atom is 0.251 e. The summed E-state index contributed by atoms with van der Waals surface area (Å²) in [7, 11) is 0. The van der Waals surface area contributed by atoms with Crippen molar-refractivity contribution in [1.29, 1.82) is 0 Å². The van der Waals surface area contributed by atoms with E-state index in [0.29, 0.717) is 18.8 Å². The van der Waals surface area contributed by atoms with E-state index in [4.69, 9.17) is 4.74 Å². The van der Waals surface area contributed by atoms with Gasteiger partial charge >= 0.3 is 0 Å². The van der Waals surface area contributed by atoms with E-state index in [1.807, 2.05) is 27.7 Å². The molecule has 0 radical (unpaired) electrons. The third kappa shape index (κ3) is 5.26. The Morgan fingerprint density at radius 2 is 2.16 bits per heavy atom. The Hall–Kier alpha value is -1.62. The smallest absolute Gasteiger partial charge is 0.251 e. The fourth-order valence-corrected chi connectivity index (χ4v) is 1.71. The largest absolute Gasteiger partial charge is 0.380 e. The molecule has 1 heterocycles.